The van der Waals surface area contributed by atoms with Crippen LogP contribution in [0, 0.1) is 11.3 Å². The number of benzene rings is 1. The Morgan fingerprint density at radius 1 is 1.14 bits per heavy atom. The summed E-state index contributed by atoms with van der Waals surface area (Å²) < 4.78 is 44.2. The molecular formula is C19H15F3N4OS. The van der Waals surface area contributed by atoms with E-state index in [2.05, 4.69) is 15.3 Å². The normalized spacial score (nSPS) is 11.3. The van der Waals surface area contributed by atoms with E-state index in [0.29, 0.717) is 11.4 Å². The number of rotatable bonds is 5. The number of halogens is 3. The van der Waals surface area contributed by atoms with Crippen molar-refractivity contribution < 1.29 is 17.9 Å². The van der Waals surface area contributed by atoms with E-state index in [1.54, 1.807) is 12.1 Å². The van der Waals surface area contributed by atoms with E-state index in [0.717, 1.165) is 22.3 Å². The number of anilines is 2. The molecule has 0 saturated carbocycles. The van der Waals surface area contributed by atoms with Gasteiger partial charge in [0, 0.05) is 5.38 Å². The lowest BCUT2D eigenvalue weighted by atomic mass is 10.0. The van der Waals surface area contributed by atoms with Gasteiger partial charge in [-0.1, -0.05) is 32.0 Å². The number of pyridine rings is 1. The molecule has 0 aliphatic rings. The molecule has 0 saturated heterocycles. The summed E-state index contributed by atoms with van der Waals surface area (Å²) >= 11 is 0.814. The smallest absolute Gasteiger partial charge is 0.434 e. The monoisotopic (exact) mass is 404 g/mol. The molecule has 0 radical (unpaired) electrons. The molecular weight excluding hydrogens is 389 g/mol. The van der Waals surface area contributed by atoms with Crippen LogP contribution in [-0.2, 0) is 6.18 Å². The minimum atomic E-state index is -4.52. The highest BCUT2D eigenvalue weighted by molar-refractivity contribution is 7.13. The van der Waals surface area contributed by atoms with Gasteiger partial charge in [0.1, 0.15) is 23.2 Å². The summed E-state index contributed by atoms with van der Waals surface area (Å²) in [7, 11) is 0. The molecule has 5 nitrogen and oxygen atoms in total. The van der Waals surface area contributed by atoms with Crippen molar-refractivity contribution in [2.75, 3.05) is 5.32 Å². The minimum absolute atomic E-state index is 0.0424. The molecule has 2 aromatic heterocycles. The molecule has 0 aliphatic carbocycles. The second-order valence-corrected chi connectivity index (χ2v) is 6.97. The third-order valence-corrected chi connectivity index (χ3v) is 4.52. The zero-order chi connectivity index (χ0) is 20.3. The van der Waals surface area contributed by atoms with Crippen LogP contribution in [0.2, 0.25) is 0 Å². The van der Waals surface area contributed by atoms with E-state index in [4.69, 9.17) is 10.00 Å². The van der Waals surface area contributed by atoms with E-state index < -0.39 is 11.9 Å². The van der Waals surface area contributed by atoms with E-state index in [1.807, 2.05) is 32.0 Å². The zero-order valence-electron chi connectivity index (χ0n) is 14.9. The molecule has 0 aliphatic heterocycles. The van der Waals surface area contributed by atoms with Crippen molar-refractivity contribution in [3.63, 3.8) is 0 Å². The molecule has 9 heteroatoms. The first kappa shape index (κ1) is 19.6. The van der Waals surface area contributed by atoms with Gasteiger partial charge in [0.25, 0.3) is 0 Å². The van der Waals surface area contributed by atoms with Gasteiger partial charge >= 0.3 is 6.18 Å². The Labute approximate surface area is 163 Å². The number of thiazole rings is 1. The molecule has 3 aromatic rings. The zero-order valence-corrected chi connectivity index (χ0v) is 15.7. The van der Waals surface area contributed by atoms with Gasteiger partial charge in [-0.25, -0.2) is 9.97 Å². The molecule has 28 heavy (non-hydrogen) atoms. The Morgan fingerprint density at radius 3 is 2.54 bits per heavy atom. The Hall–Kier alpha value is -3.12. The van der Waals surface area contributed by atoms with Crippen molar-refractivity contribution >= 4 is 22.2 Å². The van der Waals surface area contributed by atoms with Crippen LogP contribution in [0.4, 0.5) is 24.0 Å². The van der Waals surface area contributed by atoms with Gasteiger partial charge in [-0.3, -0.25) is 0 Å². The standard InChI is InChI=1S/C19H15F3N4OS/c1-11(2)13-5-3-4-6-15(13)27-17-14(8-7-12(9-23)24-17)25-18-26-16(10-28-18)19(20,21)22/h3-8,10-11H,1-2H3,(H,25,26). The molecule has 0 spiro atoms. The molecule has 0 unspecified atom stereocenters. The fourth-order valence-electron chi connectivity index (χ4n) is 2.41. The van der Waals surface area contributed by atoms with Gasteiger partial charge in [-0.05, 0) is 29.7 Å². The van der Waals surface area contributed by atoms with Crippen LogP contribution < -0.4 is 10.1 Å². The number of ether oxygens (including phenoxy) is 1. The predicted octanol–water partition coefficient (Wildman–Crippen LogP) is 6.09. The van der Waals surface area contributed by atoms with Crippen LogP contribution >= 0.6 is 11.3 Å². The molecule has 0 atom stereocenters. The average Bonchev–Trinajstić information content (AvgIpc) is 3.12. The maximum atomic E-state index is 12.8. The fraction of sp³-hybridized carbons (Fsp3) is 0.211. The third-order valence-electron chi connectivity index (χ3n) is 3.76. The van der Waals surface area contributed by atoms with Crippen LogP contribution in [0.3, 0.4) is 0 Å². The van der Waals surface area contributed by atoms with Crippen molar-refractivity contribution in [3.8, 4) is 17.7 Å². The van der Waals surface area contributed by atoms with E-state index in [1.165, 1.54) is 12.1 Å². The number of nitrogens with one attached hydrogen (secondary N) is 1. The average molecular weight is 404 g/mol. The van der Waals surface area contributed by atoms with E-state index in [9.17, 15) is 13.2 Å². The maximum Gasteiger partial charge on any atom is 0.434 e. The van der Waals surface area contributed by atoms with Crippen molar-refractivity contribution in [2.24, 2.45) is 0 Å². The lowest BCUT2D eigenvalue weighted by molar-refractivity contribution is -0.140. The highest BCUT2D eigenvalue weighted by atomic mass is 32.1. The second-order valence-electron chi connectivity index (χ2n) is 6.12. The first-order valence-electron chi connectivity index (χ1n) is 8.25. The molecule has 0 bridgehead atoms. The van der Waals surface area contributed by atoms with Gasteiger partial charge in [-0.2, -0.15) is 18.4 Å². The van der Waals surface area contributed by atoms with Gasteiger partial charge < -0.3 is 10.1 Å². The van der Waals surface area contributed by atoms with Crippen molar-refractivity contribution in [1.29, 1.82) is 5.26 Å². The first-order valence-corrected chi connectivity index (χ1v) is 9.13. The highest BCUT2D eigenvalue weighted by Gasteiger charge is 2.33. The molecule has 144 valence electrons. The summed E-state index contributed by atoms with van der Waals surface area (Å²) in [6, 6.07) is 12.3. The lowest BCUT2D eigenvalue weighted by Crippen LogP contribution is -2.05. The largest absolute Gasteiger partial charge is 0.437 e. The summed E-state index contributed by atoms with van der Waals surface area (Å²) in [5.41, 5.74) is 0.388. The Balaban J connectivity index is 1.95. The summed E-state index contributed by atoms with van der Waals surface area (Å²) in [6.45, 7) is 4.02. The second kappa shape index (κ2) is 7.86. The number of nitrogens with zero attached hydrogens (tertiary/aromatic N) is 3. The Morgan fingerprint density at radius 2 is 1.89 bits per heavy atom. The van der Waals surface area contributed by atoms with Crippen molar-refractivity contribution in [2.45, 2.75) is 25.9 Å². The number of hydrogen-bond donors (Lipinski definition) is 1. The van der Waals surface area contributed by atoms with Crippen molar-refractivity contribution in [1.82, 2.24) is 9.97 Å². The van der Waals surface area contributed by atoms with Crippen LogP contribution in [0.15, 0.2) is 41.8 Å². The van der Waals surface area contributed by atoms with Crippen LogP contribution in [0.5, 0.6) is 11.6 Å². The number of alkyl halides is 3. The molecule has 1 aromatic carbocycles. The van der Waals surface area contributed by atoms with Gasteiger partial charge in [0.05, 0.1) is 0 Å². The van der Waals surface area contributed by atoms with Crippen molar-refractivity contribution in [3.05, 3.63) is 58.7 Å². The molecule has 3 rings (SSSR count). The first-order chi connectivity index (χ1) is 13.3. The van der Waals surface area contributed by atoms with Gasteiger partial charge in [0.2, 0.25) is 5.88 Å². The lowest BCUT2D eigenvalue weighted by Gasteiger charge is -2.15. The molecule has 1 N–H and O–H groups in total. The summed E-state index contributed by atoms with van der Waals surface area (Å²) in [5.74, 6) is 0.814. The van der Waals surface area contributed by atoms with Gasteiger partial charge in [0.15, 0.2) is 10.8 Å². The number of para-hydroxylation sites is 1. The Bertz CT molecular complexity index is 1020. The number of nitriles is 1. The third kappa shape index (κ3) is 4.40. The van der Waals surface area contributed by atoms with Gasteiger partial charge in [-0.15, -0.1) is 11.3 Å². The molecule has 0 amide bonds. The minimum Gasteiger partial charge on any atom is -0.437 e. The molecule has 2 heterocycles. The quantitative estimate of drug-likeness (QED) is 0.557. The summed E-state index contributed by atoms with van der Waals surface area (Å²) in [6.07, 6.45) is -4.52. The van der Waals surface area contributed by atoms with Crippen LogP contribution in [0.1, 0.15) is 36.7 Å². The highest BCUT2D eigenvalue weighted by Crippen LogP contribution is 2.36. The van der Waals surface area contributed by atoms with E-state index in [-0.39, 0.29) is 22.6 Å². The summed E-state index contributed by atoms with van der Waals surface area (Å²) in [5, 5.41) is 12.9. The topological polar surface area (TPSA) is 70.8 Å². The van der Waals surface area contributed by atoms with Crippen LogP contribution in [0.25, 0.3) is 0 Å². The summed E-state index contributed by atoms with van der Waals surface area (Å²) in [4.78, 5) is 7.69. The van der Waals surface area contributed by atoms with Crippen LogP contribution in [-0.4, -0.2) is 9.97 Å². The fourth-order valence-corrected chi connectivity index (χ4v) is 3.14. The maximum absolute atomic E-state index is 12.8. The van der Waals surface area contributed by atoms with E-state index >= 15 is 0 Å². The SMILES string of the molecule is CC(C)c1ccccc1Oc1nc(C#N)ccc1Nc1nc(C(F)(F)F)cs1. The molecule has 0 fully saturated rings. The Kier molecular flexibility index (Phi) is 5.51. The number of aromatic nitrogens is 2. The predicted molar refractivity (Wildman–Crippen MR) is 100.0 cm³/mol. The number of hydrogen-bond acceptors (Lipinski definition) is 6.